The summed E-state index contributed by atoms with van der Waals surface area (Å²) in [4.78, 5) is 11.6. The molecule has 1 N–H and O–H groups in total. The van der Waals surface area contributed by atoms with E-state index < -0.39 is 0 Å². The van der Waals surface area contributed by atoms with Crippen molar-refractivity contribution in [2.75, 3.05) is 7.11 Å². The van der Waals surface area contributed by atoms with Crippen molar-refractivity contribution in [1.82, 2.24) is 0 Å². The zero-order valence-corrected chi connectivity index (χ0v) is 11.7. The number of benzene rings is 1. The first kappa shape index (κ1) is 15.3. The molecule has 0 bridgehead atoms. The number of methoxy groups -OCH3 is 1. The van der Waals surface area contributed by atoms with Crippen LogP contribution in [-0.2, 0) is 11.2 Å². The largest absolute Gasteiger partial charge is 0.504 e. The van der Waals surface area contributed by atoms with Crippen molar-refractivity contribution >= 4 is 5.78 Å². The molecule has 0 fully saturated rings. The number of phenolic OH excluding ortho intramolecular Hbond substituents is 1. The molecular formula is C16H22O3. The number of carbonyl (C=O) groups is 1. The molecule has 0 saturated carbocycles. The molecule has 0 aliphatic rings. The normalized spacial score (nSPS) is 10.8. The Morgan fingerprint density at radius 2 is 2.21 bits per heavy atom. The van der Waals surface area contributed by atoms with Gasteiger partial charge in [-0.25, -0.2) is 0 Å². The van der Waals surface area contributed by atoms with E-state index in [2.05, 4.69) is 6.92 Å². The molecule has 0 radical (unpaired) electrons. The Morgan fingerprint density at radius 3 is 2.89 bits per heavy atom. The number of ether oxygens (including phenoxy) is 1. The van der Waals surface area contributed by atoms with Crippen molar-refractivity contribution in [3.63, 3.8) is 0 Å². The van der Waals surface area contributed by atoms with Crippen LogP contribution in [0.15, 0.2) is 30.4 Å². The van der Waals surface area contributed by atoms with Crippen molar-refractivity contribution in [3.05, 3.63) is 35.9 Å². The third-order valence-corrected chi connectivity index (χ3v) is 2.93. The molecule has 1 aromatic rings. The minimum atomic E-state index is 0.122. The van der Waals surface area contributed by atoms with Gasteiger partial charge in [-0.2, -0.15) is 0 Å². The highest BCUT2D eigenvalue weighted by molar-refractivity contribution is 5.89. The molecule has 0 aromatic heterocycles. The maximum absolute atomic E-state index is 11.6. The summed E-state index contributed by atoms with van der Waals surface area (Å²) in [6.07, 6.45) is 8.00. The lowest BCUT2D eigenvalue weighted by Gasteiger charge is -2.05. The minimum absolute atomic E-state index is 0.122. The van der Waals surface area contributed by atoms with Gasteiger partial charge in [0.2, 0.25) is 0 Å². The summed E-state index contributed by atoms with van der Waals surface area (Å²) in [5.74, 6) is 0.712. The van der Waals surface area contributed by atoms with Gasteiger partial charge in [-0.05, 0) is 36.6 Å². The molecule has 3 heteroatoms. The van der Waals surface area contributed by atoms with Crippen LogP contribution in [-0.4, -0.2) is 18.0 Å². The molecule has 3 nitrogen and oxygen atoms in total. The van der Waals surface area contributed by atoms with Gasteiger partial charge in [0.05, 0.1) is 7.11 Å². The molecule has 0 aliphatic heterocycles. The van der Waals surface area contributed by atoms with Crippen molar-refractivity contribution in [2.45, 2.75) is 39.0 Å². The third kappa shape index (κ3) is 5.60. The Morgan fingerprint density at radius 1 is 1.42 bits per heavy atom. The van der Waals surface area contributed by atoms with Crippen LogP contribution in [0.5, 0.6) is 11.5 Å². The quantitative estimate of drug-likeness (QED) is 0.574. The van der Waals surface area contributed by atoms with Gasteiger partial charge in [0.1, 0.15) is 0 Å². The highest BCUT2D eigenvalue weighted by Gasteiger charge is 2.04. The van der Waals surface area contributed by atoms with E-state index in [4.69, 9.17) is 4.74 Å². The molecule has 0 heterocycles. The second-order valence-corrected chi connectivity index (χ2v) is 4.52. The molecule has 0 atom stereocenters. The van der Waals surface area contributed by atoms with Crippen molar-refractivity contribution in [3.8, 4) is 11.5 Å². The SMILES string of the molecule is CCCC/C=C/C(=O)CCc1ccc(O)c(OC)c1. The van der Waals surface area contributed by atoms with Gasteiger partial charge in [0.15, 0.2) is 17.3 Å². The monoisotopic (exact) mass is 262 g/mol. The first-order valence-corrected chi connectivity index (χ1v) is 6.72. The van der Waals surface area contributed by atoms with Crippen LogP contribution in [0.25, 0.3) is 0 Å². The molecular weight excluding hydrogens is 240 g/mol. The molecule has 0 spiro atoms. The molecule has 1 aromatic carbocycles. The van der Waals surface area contributed by atoms with Gasteiger partial charge >= 0.3 is 0 Å². The summed E-state index contributed by atoms with van der Waals surface area (Å²) in [7, 11) is 1.51. The number of aromatic hydroxyl groups is 1. The zero-order valence-electron chi connectivity index (χ0n) is 11.7. The van der Waals surface area contributed by atoms with Crippen LogP contribution in [0.3, 0.4) is 0 Å². The van der Waals surface area contributed by atoms with E-state index in [9.17, 15) is 9.90 Å². The highest BCUT2D eigenvalue weighted by Crippen LogP contribution is 2.26. The van der Waals surface area contributed by atoms with E-state index in [1.807, 2.05) is 12.1 Å². The fourth-order valence-corrected chi connectivity index (χ4v) is 1.77. The predicted octanol–water partition coefficient (Wildman–Crippen LogP) is 3.65. The topological polar surface area (TPSA) is 46.5 Å². The van der Waals surface area contributed by atoms with E-state index in [-0.39, 0.29) is 11.5 Å². The van der Waals surface area contributed by atoms with Gasteiger partial charge in [-0.3, -0.25) is 4.79 Å². The maximum atomic E-state index is 11.6. The number of phenols is 1. The van der Waals surface area contributed by atoms with E-state index in [1.165, 1.54) is 7.11 Å². The number of carbonyl (C=O) groups excluding carboxylic acids is 1. The number of aryl methyl sites for hydroxylation is 1. The summed E-state index contributed by atoms with van der Waals surface area (Å²) >= 11 is 0. The van der Waals surface area contributed by atoms with Gasteiger partial charge in [-0.1, -0.05) is 31.9 Å². The van der Waals surface area contributed by atoms with Crippen LogP contribution in [0.4, 0.5) is 0 Å². The molecule has 19 heavy (non-hydrogen) atoms. The predicted molar refractivity (Wildman–Crippen MR) is 76.7 cm³/mol. The molecule has 0 amide bonds. The van der Waals surface area contributed by atoms with Crippen LogP contribution in [0.2, 0.25) is 0 Å². The van der Waals surface area contributed by atoms with Crippen LogP contribution >= 0.6 is 0 Å². The molecule has 1 rings (SSSR count). The van der Waals surface area contributed by atoms with Crippen molar-refractivity contribution in [2.24, 2.45) is 0 Å². The van der Waals surface area contributed by atoms with E-state index in [0.717, 1.165) is 24.8 Å². The highest BCUT2D eigenvalue weighted by atomic mass is 16.5. The summed E-state index contributed by atoms with van der Waals surface area (Å²) in [6, 6.07) is 5.17. The Hall–Kier alpha value is -1.77. The Kier molecular flexibility index (Phi) is 6.72. The fraction of sp³-hybridized carbons (Fsp3) is 0.438. The Labute approximate surface area is 114 Å². The first-order valence-electron chi connectivity index (χ1n) is 6.72. The lowest BCUT2D eigenvalue weighted by molar-refractivity contribution is -0.114. The Balaban J connectivity index is 2.44. The van der Waals surface area contributed by atoms with E-state index in [0.29, 0.717) is 18.6 Å². The third-order valence-electron chi connectivity index (χ3n) is 2.93. The number of hydrogen-bond donors (Lipinski definition) is 1. The van der Waals surface area contributed by atoms with Crippen molar-refractivity contribution in [1.29, 1.82) is 0 Å². The summed E-state index contributed by atoms with van der Waals surface area (Å²) in [5, 5.41) is 9.48. The average molecular weight is 262 g/mol. The second kappa shape index (κ2) is 8.35. The van der Waals surface area contributed by atoms with Crippen LogP contribution < -0.4 is 4.74 Å². The van der Waals surface area contributed by atoms with E-state index >= 15 is 0 Å². The van der Waals surface area contributed by atoms with Crippen LogP contribution in [0, 0.1) is 0 Å². The van der Waals surface area contributed by atoms with Gasteiger partial charge in [-0.15, -0.1) is 0 Å². The van der Waals surface area contributed by atoms with E-state index in [1.54, 1.807) is 18.2 Å². The standard InChI is InChI=1S/C16H22O3/c1-3-4-5-6-7-14(17)10-8-13-9-11-15(18)16(12-13)19-2/h6-7,9,11-12,18H,3-5,8,10H2,1-2H3/b7-6+. The fourth-order valence-electron chi connectivity index (χ4n) is 1.77. The summed E-state index contributed by atoms with van der Waals surface area (Å²) in [5.41, 5.74) is 0.991. The molecule has 104 valence electrons. The lowest BCUT2D eigenvalue weighted by Crippen LogP contribution is -1.96. The number of rotatable bonds is 8. The maximum Gasteiger partial charge on any atom is 0.160 e. The van der Waals surface area contributed by atoms with Crippen molar-refractivity contribution < 1.29 is 14.6 Å². The number of ketones is 1. The lowest BCUT2D eigenvalue weighted by atomic mass is 10.1. The van der Waals surface area contributed by atoms with Gasteiger partial charge in [0.25, 0.3) is 0 Å². The minimum Gasteiger partial charge on any atom is -0.504 e. The molecule has 0 saturated heterocycles. The molecule has 0 aliphatic carbocycles. The zero-order chi connectivity index (χ0) is 14.1. The molecule has 0 unspecified atom stereocenters. The number of hydrogen-bond acceptors (Lipinski definition) is 3. The Bertz CT molecular complexity index is 436. The summed E-state index contributed by atoms with van der Waals surface area (Å²) < 4.78 is 5.04. The number of unbranched alkanes of at least 4 members (excludes halogenated alkanes) is 2. The van der Waals surface area contributed by atoms with Crippen LogP contribution in [0.1, 0.15) is 38.2 Å². The first-order chi connectivity index (χ1) is 9.17. The summed E-state index contributed by atoms with van der Waals surface area (Å²) in [6.45, 7) is 2.13. The number of allylic oxidation sites excluding steroid dienone is 2. The average Bonchev–Trinajstić information content (AvgIpc) is 2.42. The second-order valence-electron chi connectivity index (χ2n) is 4.52. The van der Waals surface area contributed by atoms with Gasteiger partial charge < -0.3 is 9.84 Å². The van der Waals surface area contributed by atoms with Gasteiger partial charge in [0, 0.05) is 6.42 Å². The smallest absolute Gasteiger partial charge is 0.160 e.